The molecule has 0 radical (unpaired) electrons. The van der Waals surface area contributed by atoms with Gasteiger partial charge < -0.3 is 10.1 Å². The second-order valence-electron chi connectivity index (χ2n) is 5.25. The molecular weight excluding hydrogens is 341 g/mol. The van der Waals surface area contributed by atoms with E-state index in [4.69, 9.17) is 4.74 Å². The molecule has 0 saturated carbocycles. The molecule has 0 spiro atoms. The van der Waals surface area contributed by atoms with Crippen molar-refractivity contribution in [2.24, 2.45) is 0 Å². The number of halogens is 2. The fraction of sp³-hybridized carbons (Fsp3) is 0.158. The van der Waals surface area contributed by atoms with E-state index in [0.29, 0.717) is 24.4 Å². The van der Waals surface area contributed by atoms with Crippen molar-refractivity contribution in [3.05, 3.63) is 65.6 Å². The van der Waals surface area contributed by atoms with Crippen LogP contribution in [0.5, 0.6) is 5.75 Å². The van der Waals surface area contributed by atoms with Gasteiger partial charge in [-0.05, 0) is 42.8 Å². The Hall–Kier alpha value is -2.84. The molecule has 25 heavy (non-hydrogen) atoms. The number of ether oxygens (including phenoxy) is 1. The number of nitriles is 1. The third-order valence-corrected chi connectivity index (χ3v) is 3.65. The van der Waals surface area contributed by atoms with Crippen LogP contribution in [-0.2, 0) is 6.54 Å². The quantitative estimate of drug-likeness (QED) is 0.720. The third kappa shape index (κ3) is 4.17. The lowest BCUT2D eigenvalue weighted by atomic mass is 10.1. The molecule has 1 aromatic heterocycles. The van der Waals surface area contributed by atoms with Gasteiger partial charge in [-0.15, -0.1) is 12.4 Å². The Morgan fingerprint density at radius 1 is 1.20 bits per heavy atom. The molecule has 0 fully saturated rings. The number of nitrogens with one attached hydrogen (secondary N) is 1. The number of nitrogens with zero attached hydrogens (tertiary/aromatic N) is 2. The third-order valence-electron chi connectivity index (χ3n) is 3.65. The highest BCUT2D eigenvalue weighted by Gasteiger charge is 2.10. The first-order valence-electron chi connectivity index (χ1n) is 7.65. The summed E-state index contributed by atoms with van der Waals surface area (Å²) < 4.78 is 18.5. The number of fused-ring (bicyclic) bond motifs is 1. The van der Waals surface area contributed by atoms with Gasteiger partial charge in [-0.3, -0.25) is 4.98 Å². The zero-order chi connectivity index (χ0) is 16.9. The summed E-state index contributed by atoms with van der Waals surface area (Å²) in [4.78, 5) is 4.31. The summed E-state index contributed by atoms with van der Waals surface area (Å²) in [6.07, 6.45) is 1.55. The Labute approximate surface area is 151 Å². The van der Waals surface area contributed by atoms with E-state index >= 15 is 0 Å². The summed E-state index contributed by atoms with van der Waals surface area (Å²) in [5.74, 6) is 0.457. The summed E-state index contributed by atoms with van der Waals surface area (Å²) >= 11 is 0. The topological polar surface area (TPSA) is 57.9 Å². The molecule has 0 unspecified atom stereocenters. The van der Waals surface area contributed by atoms with Crippen molar-refractivity contribution >= 4 is 29.0 Å². The molecule has 1 N–H and O–H groups in total. The van der Waals surface area contributed by atoms with Crippen molar-refractivity contribution < 1.29 is 9.13 Å². The van der Waals surface area contributed by atoms with Crippen LogP contribution in [0.4, 0.5) is 10.1 Å². The van der Waals surface area contributed by atoms with E-state index in [-0.39, 0.29) is 18.2 Å². The van der Waals surface area contributed by atoms with Gasteiger partial charge in [0.15, 0.2) is 0 Å². The summed E-state index contributed by atoms with van der Waals surface area (Å²) in [6.45, 7) is 2.96. The highest BCUT2D eigenvalue weighted by molar-refractivity contribution is 5.94. The second kappa shape index (κ2) is 8.32. The van der Waals surface area contributed by atoms with Gasteiger partial charge in [-0.25, -0.2) is 4.39 Å². The van der Waals surface area contributed by atoms with Gasteiger partial charge in [0, 0.05) is 18.1 Å². The molecule has 0 atom stereocenters. The molecule has 0 bridgehead atoms. The molecule has 0 aliphatic heterocycles. The SMILES string of the molecule is CCOc1ccc2ncc(C#N)c(NCc3ccc(F)cc3)c2c1.Cl. The lowest BCUT2D eigenvalue weighted by Crippen LogP contribution is -2.03. The van der Waals surface area contributed by atoms with Crippen LogP contribution in [0.2, 0.25) is 0 Å². The minimum Gasteiger partial charge on any atom is -0.494 e. The monoisotopic (exact) mass is 357 g/mol. The number of hydrogen-bond acceptors (Lipinski definition) is 4. The minimum absolute atomic E-state index is 0. The highest BCUT2D eigenvalue weighted by Crippen LogP contribution is 2.29. The van der Waals surface area contributed by atoms with Crippen molar-refractivity contribution in [3.63, 3.8) is 0 Å². The van der Waals surface area contributed by atoms with Crippen LogP contribution in [0.15, 0.2) is 48.7 Å². The Kier molecular flexibility index (Phi) is 6.15. The van der Waals surface area contributed by atoms with Crippen LogP contribution < -0.4 is 10.1 Å². The zero-order valence-corrected chi connectivity index (χ0v) is 14.4. The lowest BCUT2D eigenvalue weighted by molar-refractivity contribution is 0.340. The average Bonchev–Trinajstić information content (AvgIpc) is 2.61. The second-order valence-corrected chi connectivity index (χ2v) is 5.25. The molecule has 0 aliphatic rings. The molecule has 3 aromatic rings. The molecule has 0 aliphatic carbocycles. The van der Waals surface area contributed by atoms with Crippen molar-refractivity contribution in [3.8, 4) is 11.8 Å². The average molecular weight is 358 g/mol. The predicted molar refractivity (Wildman–Crippen MR) is 98.6 cm³/mol. The van der Waals surface area contributed by atoms with Gasteiger partial charge in [-0.1, -0.05) is 12.1 Å². The molecule has 0 saturated heterocycles. The standard InChI is InChI=1S/C19H16FN3O.ClH/c1-2-24-16-7-8-18-17(9-16)19(14(10-21)12-22-18)23-11-13-3-5-15(20)6-4-13;/h3-9,12H,2,11H2,1H3,(H,22,23);1H. The maximum atomic E-state index is 13.0. The Bertz CT molecular complexity index is 907. The highest BCUT2D eigenvalue weighted by atomic mass is 35.5. The van der Waals surface area contributed by atoms with E-state index in [2.05, 4.69) is 16.4 Å². The molecule has 1 heterocycles. The van der Waals surface area contributed by atoms with E-state index in [1.165, 1.54) is 12.1 Å². The first-order chi connectivity index (χ1) is 11.7. The fourth-order valence-corrected chi connectivity index (χ4v) is 2.50. The Morgan fingerprint density at radius 3 is 2.64 bits per heavy atom. The minimum atomic E-state index is -0.271. The van der Waals surface area contributed by atoms with Crippen LogP contribution in [0.3, 0.4) is 0 Å². The maximum Gasteiger partial charge on any atom is 0.123 e. The summed E-state index contributed by atoms with van der Waals surface area (Å²) in [6, 6.07) is 14.0. The molecule has 3 rings (SSSR count). The van der Waals surface area contributed by atoms with E-state index in [1.807, 2.05) is 25.1 Å². The van der Waals surface area contributed by atoms with Crippen molar-refractivity contribution in [1.82, 2.24) is 4.98 Å². The van der Waals surface area contributed by atoms with Crippen molar-refractivity contribution in [1.29, 1.82) is 5.26 Å². The summed E-state index contributed by atoms with van der Waals surface area (Å²) in [5.41, 5.74) is 2.86. The fourth-order valence-electron chi connectivity index (χ4n) is 2.50. The van der Waals surface area contributed by atoms with E-state index in [0.717, 1.165) is 22.2 Å². The Balaban J connectivity index is 0.00000225. The number of pyridine rings is 1. The predicted octanol–water partition coefficient (Wildman–Crippen LogP) is 4.68. The van der Waals surface area contributed by atoms with E-state index in [9.17, 15) is 9.65 Å². The van der Waals surface area contributed by atoms with Gasteiger partial charge in [0.25, 0.3) is 0 Å². The Morgan fingerprint density at radius 2 is 1.96 bits per heavy atom. The molecule has 4 nitrogen and oxygen atoms in total. The number of aromatic nitrogens is 1. The van der Waals surface area contributed by atoms with Crippen LogP contribution >= 0.6 is 12.4 Å². The van der Waals surface area contributed by atoms with Gasteiger partial charge in [0.2, 0.25) is 0 Å². The molecule has 2 aromatic carbocycles. The number of anilines is 1. The number of rotatable bonds is 5. The van der Waals surface area contributed by atoms with Crippen molar-refractivity contribution in [2.45, 2.75) is 13.5 Å². The van der Waals surface area contributed by atoms with Gasteiger partial charge >= 0.3 is 0 Å². The van der Waals surface area contributed by atoms with Gasteiger partial charge in [-0.2, -0.15) is 5.26 Å². The normalized spacial score (nSPS) is 9.96. The molecule has 128 valence electrons. The van der Waals surface area contributed by atoms with E-state index in [1.54, 1.807) is 18.3 Å². The maximum absolute atomic E-state index is 13.0. The zero-order valence-electron chi connectivity index (χ0n) is 13.6. The van der Waals surface area contributed by atoms with Crippen LogP contribution in [0.25, 0.3) is 10.9 Å². The molecular formula is C19H17ClFN3O. The van der Waals surface area contributed by atoms with E-state index < -0.39 is 0 Å². The molecule has 0 amide bonds. The first kappa shape index (κ1) is 18.5. The van der Waals surface area contributed by atoms with Gasteiger partial charge in [0.05, 0.1) is 23.4 Å². The first-order valence-corrected chi connectivity index (χ1v) is 7.65. The number of hydrogen-bond donors (Lipinski definition) is 1. The largest absolute Gasteiger partial charge is 0.494 e. The van der Waals surface area contributed by atoms with Gasteiger partial charge in [0.1, 0.15) is 17.6 Å². The summed E-state index contributed by atoms with van der Waals surface area (Å²) in [5, 5.41) is 13.5. The lowest BCUT2D eigenvalue weighted by Gasteiger charge is -2.13. The number of benzene rings is 2. The van der Waals surface area contributed by atoms with Crippen LogP contribution in [-0.4, -0.2) is 11.6 Å². The van der Waals surface area contributed by atoms with Crippen molar-refractivity contribution in [2.75, 3.05) is 11.9 Å². The smallest absolute Gasteiger partial charge is 0.123 e. The summed E-state index contributed by atoms with van der Waals surface area (Å²) in [7, 11) is 0. The van der Waals surface area contributed by atoms with Crippen LogP contribution in [0, 0.1) is 17.1 Å². The van der Waals surface area contributed by atoms with Crippen LogP contribution in [0.1, 0.15) is 18.1 Å². The molecule has 6 heteroatoms.